The fourth-order valence-corrected chi connectivity index (χ4v) is 8.93. The summed E-state index contributed by atoms with van der Waals surface area (Å²) in [7, 11) is -0.259. The number of thioether (sulfide) groups is 1. The molecule has 0 aliphatic heterocycles. The number of rotatable bonds is 35. The molecule has 1 aromatic carbocycles. The summed E-state index contributed by atoms with van der Waals surface area (Å²) in [6, 6.07) is 3.11. The molecular formula is C53H92N4O13S2. The Bertz CT molecular complexity index is 2000. The fraction of sp³-hybridized carbons (Fsp3) is 0.774. The van der Waals surface area contributed by atoms with Crippen molar-refractivity contribution in [3.8, 4) is 0 Å². The summed E-state index contributed by atoms with van der Waals surface area (Å²) in [5, 5.41) is 10.7. The Hall–Kier alpha value is -3.62. The van der Waals surface area contributed by atoms with Crippen LogP contribution in [0.15, 0.2) is 24.3 Å². The largest absolute Gasteiger partial charge is 0.460 e. The quantitative estimate of drug-likeness (QED) is 0.0390. The van der Waals surface area contributed by atoms with E-state index in [2.05, 4.69) is 21.3 Å². The Labute approximate surface area is 436 Å². The molecule has 17 nitrogen and oxygen atoms in total. The highest BCUT2D eigenvalue weighted by molar-refractivity contribution is 8.00. The van der Waals surface area contributed by atoms with Crippen molar-refractivity contribution >= 4 is 57.0 Å². The molecule has 0 spiro atoms. The Morgan fingerprint density at radius 1 is 0.611 bits per heavy atom. The molecule has 0 radical (unpaired) electrons. The highest BCUT2D eigenvalue weighted by atomic mass is 32.2. The van der Waals surface area contributed by atoms with Gasteiger partial charge in [-0.1, -0.05) is 26.0 Å². The Morgan fingerprint density at radius 3 is 1.56 bits per heavy atom. The minimum Gasteiger partial charge on any atom is -0.460 e. The van der Waals surface area contributed by atoms with Crippen LogP contribution < -0.4 is 21.3 Å². The molecule has 0 aliphatic carbocycles. The van der Waals surface area contributed by atoms with Crippen molar-refractivity contribution in [2.24, 2.45) is 5.92 Å². The first-order valence-electron chi connectivity index (χ1n) is 25.3. The number of carbonyl (C=O) groups is 6. The summed E-state index contributed by atoms with van der Waals surface area (Å²) in [6.45, 7) is 29.1. The number of ketones is 1. The second kappa shape index (κ2) is 30.1. The second-order valence-corrected chi connectivity index (χ2v) is 26.6. The molecule has 1 unspecified atom stereocenters. The van der Waals surface area contributed by atoms with E-state index in [4.69, 9.17) is 23.7 Å². The number of esters is 1. The number of nitrogens with one attached hydrogen (secondary N) is 4. The predicted molar refractivity (Wildman–Crippen MR) is 285 cm³/mol. The van der Waals surface area contributed by atoms with Gasteiger partial charge in [-0.25, -0.2) is 8.42 Å². The van der Waals surface area contributed by atoms with Crippen molar-refractivity contribution in [3.63, 3.8) is 0 Å². The van der Waals surface area contributed by atoms with Gasteiger partial charge in [-0.2, -0.15) is 11.8 Å². The lowest BCUT2D eigenvalue weighted by Crippen LogP contribution is -2.54. The standard InChI is InChI=1S/C53H92N4O13S2/c1-36(2)71-34-40(35-72(64,65)37(3)4)45(60)38-18-20-39(21-19-38)46(61)56-42(23-25-44(59)70-49(5,6)7)48(63)57-41(47(62)55-31-27-53(14,15)69-33-29-51(10,11)67-17)22-24-43(58)54-30-26-52(12,13)68-32-28-50(8,9)66-16/h18-21,36-37,40-42H,22-35H2,1-17H3,(H,54,58)(H,55,62)(H,56,61)(H,57,63)/t40?,41-,42-/m0/s1. The van der Waals surface area contributed by atoms with Crippen LogP contribution in [-0.4, -0.2) is 146 Å². The van der Waals surface area contributed by atoms with Crippen molar-refractivity contribution in [3.05, 3.63) is 35.4 Å². The van der Waals surface area contributed by atoms with Gasteiger partial charge >= 0.3 is 5.97 Å². The summed E-state index contributed by atoms with van der Waals surface area (Å²) in [6.07, 6.45) is 1.55. The lowest BCUT2D eigenvalue weighted by Gasteiger charge is -2.29. The predicted octanol–water partition coefficient (Wildman–Crippen LogP) is 7.17. The molecule has 0 bridgehead atoms. The van der Waals surface area contributed by atoms with Crippen LogP contribution in [0, 0.1) is 5.92 Å². The van der Waals surface area contributed by atoms with Crippen molar-refractivity contribution in [1.82, 2.24) is 21.3 Å². The number of hydrogen-bond donors (Lipinski definition) is 4. The van der Waals surface area contributed by atoms with Crippen LogP contribution >= 0.6 is 11.8 Å². The van der Waals surface area contributed by atoms with Crippen LogP contribution in [0.1, 0.15) is 176 Å². The number of Topliss-reactive ketones (excluding diaryl/α,β-unsaturated/α-hetero) is 1. The van der Waals surface area contributed by atoms with Crippen LogP contribution in [0.3, 0.4) is 0 Å². The molecule has 0 saturated heterocycles. The number of carbonyl (C=O) groups excluding carboxylic acids is 6. The Morgan fingerprint density at radius 2 is 1.08 bits per heavy atom. The first-order chi connectivity index (χ1) is 33.0. The lowest BCUT2D eigenvalue weighted by molar-refractivity contribution is -0.155. The minimum atomic E-state index is -3.55. The Balaban J connectivity index is 3.40. The first kappa shape index (κ1) is 66.4. The van der Waals surface area contributed by atoms with Gasteiger partial charge in [0.15, 0.2) is 15.6 Å². The molecule has 1 aromatic rings. The Kier molecular flexibility index (Phi) is 27.7. The lowest BCUT2D eigenvalue weighted by atomic mass is 9.99. The van der Waals surface area contributed by atoms with Crippen LogP contribution in [-0.2, 0) is 52.7 Å². The van der Waals surface area contributed by atoms with E-state index in [0.717, 1.165) is 0 Å². The molecular weight excluding hydrogens is 965 g/mol. The highest BCUT2D eigenvalue weighted by Gasteiger charge is 2.32. The third kappa shape index (κ3) is 27.6. The molecule has 0 aliphatic rings. The number of amides is 4. The number of methoxy groups -OCH3 is 2. The summed E-state index contributed by atoms with van der Waals surface area (Å²) in [5.41, 5.74) is -2.40. The molecule has 4 amide bonds. The van der Waals surface area contributed by atoms with Gasteiger partial charge in [-0.05, 0) is 146 Å². The van der Waals surface area contributed by atoms with Gasteiger partial charge in [0.05, 0.1) is 46.6 Å². The first-order valence-corrected chi connectivity index (χ1v) is 28.0. The number of sulfone groups is 1. The highest BCUT2D eigenvalue weighted by Crippen LogP contribution is 2.24. The number of benzene rings is 1. The van der Waals surface area contributed by atoms with E-state index in [1.54, 1.807) is 48.8 Å². The third-order valence-electron chi connectivity index (χ3n) is 12.1. The van der Waals surface area contributed by atoms with Crippen LogP contribution in [0.4, 0.5) is 0 Å². The van der Waals surface area contributed by atoms with E-state index in [9.17, 15) is 37.2 Å². The third-order valence-corrected chi connectivity index (χ3v) is 15.7. The fourth-order valence-electron chi connectivity index (χ4n) is 6.68. The van der Waals surface area contributed by atoms with Crippen LogP contribution in [0.5, 0.6) is 0 Å². The summed E-state index contributed by atoms with van der Waals surface area (Å²) in [4.78, 5) is 81.9. The number of ether oxygens (including phenoxy) is 5. The van der Waals surface area contributed by atoms with Gasteiger partial charge in [-0.3, -0.25) is 28.8 Å². The monoisotopic (exact) mass is 1060 g/mol. The average molecular weight is 1060 g/mol. The normalized spacial score (nSPS) is 14.1. The molecule has 0 fully saturated rings. The molecule has 4 N–H and O–H groups in total. The average Bonchev–Trinajstić information content (AvgIpc) is 3.26. The van der Waals surface area contributed by atoms with Gasteiger partial charge < -0.3 is 45.0 Å². The van der Waals surface area contributed by atoms with Gasteiger partial charge in [0, 0.05) is 62.9 Å². The van der Waals surface area contributed by atoms with E-state index < -0.39 is 73.6 Å². The maximum atomic E-state index is 14.3. The van der Waals surface area contributed by atoms with E-state index in [1.807, 2.05) is 69.2 Å². The molecule has 1 rings (SSSR count). The van der Waals surface area contributed by atoms with Crippen LogP contribution in [0.25, 0.3) is 0 Å². The SMILES string of the molecule is COC(C)(C)CCOC(C)(C)CCNC(=O)CC[C@H](NC(=O)[C@H](CCC(=O)OC(C)(C)C)NC(=O)c1ccc(C(=O)C(CSC(C)C)CS(=O)(=O)C(C)C)cc1)C(=O)NCCC(C)(C)OCCC(C)(C)OC. The van der Waals surface area contributed by atoms with Crippen molar-refractivity contribution in [2.45, 2.75) is 206 Å². The molecule has 19 heteroatoms. The zero-order valence-electron chi connectivity index (χ0n) is 46.7. The zero-order chi connectivity index (χ0) is 55.3. The molecule has 414 valence electrons. The van der Waals surface area contributed by atoms with Gasteiger partial charge in [-0.15, -0.1) is 0 Å². The van der Waals surface area contributed by atoms with E-state index in [0.29, 0.717) is 51.2 Å². The topological polar surface area (TPSA) is 231 Å². The van der Waals surface area contributed by atoms with Crippen molar-refractivity contribution in [1.29, 1.82) is 0 Å². The minimum absolute atomic E-state index is 0.0819. The zero-order valence-corrected chi connectivity index (χ0v) is 48.4. The second-order valence-electron chi connectivity index (χ2n) is 22.4. The van der Waals surface area contributed by atoms with E-state index in [-0.39, 0.29) is 77.3 Å². The van der Waals surface area contributed by atoms with E-state index >= 15 is 0 Å². The maximum Gasteiger partial charge on any atom is 0.306 e. The van der Waals surface area contributed by atoms with Crippen molar-refractivity contribution < 1.29 is 60.9 Å². The molecule has 72 heavy (non-hydrogen) atoms. The summed E-state index contributed by atoms with van der Waals surface area (Å²) in [5.74, 6) is -4.22. The summed E-state index contributed by atoms with van der Waals surface area (Å²) >= 11 is 1.49. The molecule has 0 saturated carbocycles. The van der Waals surface area contributed by atoms with Gasteiger partial charge in [0.2, 0.25) is 17.7 Å². The van der Waals surface area contributed by atoms with Gasteiger partial charge in [0.25, 0.3) is 5.91 Å². The van der Waals surface area contributed by atoms with Gasteiger partial charge in [0.1, 0.15) is 17.7 Å². The molecule has 0 heterocycles. The smallest absolute Gasteiger partial charge is 0.306 e. The summed E-state index contributed by atoms with van der Waals surface area (Å²) < 4.78 is 54.5. The van der Waals surface area contributed by atoms with E-state index in [1.165, 1.54) is 36.0 Å². The molecule has 3 atom stereocenters. The maximum absolute atomic E-state index is 14.3. The number of hydrogen-bond acceptors (Lipinski definition) is 14. The van der Waals surface area contributed by atoms with Crippen LogP contribution in [0.2, 0.25) is 0 Å². The molecule has 0 aromatic heterocycles. The van der Waals surface area contributed by atoms with Crippen molar-refractivity contribution in [2.75, 3.05) is 52.0 Å².